The maximum Gasteiger partial charge on any atom is 0.415 e. The zero-order chi connectivity index (χ0) is 18.6. The van der Waals surface area contributed by atoms with Crippen LogP contribution in [0.1, 0.15) is 19.4 Å². The molecule has 0 unspecified atom stereocenters. The monoisotopic (exact) mass is 365 g/mol. The summed E-state index contributed by atoms with van der Waals surface area (Å²) in [5.41, 5.74) is 2.21. The van der Waals surface area contributed by atoms with Crippen molar-refractivity contribution >= 4 is 29.3 Å². The Morgan fingerprint density at radius 1 is 1.40 bits per heavy atom. The van der Waals surface area contributed by atoms with Crippen molar-refractivity contribution < 1.29 is 9.66 Å². The number of ether oxygens (including phenoxy) is 1. The quantitative estimate of drug-likeness (QED) is 0.478. The molecule has 25 heavy (non-hydrogen) atoms. The predicted molar refractivity (Wildman–Crippen MR) is 94.6 cm³/mol. The standard InChI is InChI=1S/C15H16ClN5O4/c1-9(2)25-11-6-4-10(5-7-11)8-17-18-13-12(16)15(22)20(3)19-14(13)21(23)24/h4-9,18H,1-3H3. The number of hydrogen-bond acceptors (Lipinski definition) is 7. The van der Waals surface area contributed by atoms with Gasteiger partial charge in [0.05, 0.1) is 24.5 Å². The third kappa shape index (κ3) is 4.54. The highest BCUT2D eigenvalue weighted by molar-refractivity contribution is 6.33. The Bertz CT molecular complexity index is 861. The second-order valence-corrected chi connectivity index (χ2v) is 5.68. The van der Waals surface area contributed by atoms with E-state index in [0.717, 1.165) is 16.0 Å². The van der Waals surface area contributed by atoms with Crippen LogP contribution in [0.3, 0.4) is 0 Å². The minimum absolute atomic E-state index is 0.0667. The second-order valence-electron chi connectivity index (χ2n) is 5.30. The van der Waals surface area contributed by atoms with Crippen LogP contribution in [-0.2, 0) is 7.05 Å². The van der Waals surface area contributed by atoms with E-state index < -0.39 is 16.3 Å². The number of hydrogen-bond donors (Lipinski definition) is 1. The van der Waals surface area contributed by atoms with Crippen LogP contribution < -0.4 is 15.7 Å². The number of anilines is 1. The third-order valence-electron chi connectivity index (χ3n) is 2.98. The van der Waals surface area contributed by atoms with Crippen LogP contribution in [0.25, 0.3) is 0 Å². The molecule has 1 aromatic heterocycles. The zero-order valence-corrected chi connectivity index (χ0v) is 14.5. The van der Waals surface area contributed by atoms with Gasteiger partial charge < -0.3 is 14.9 Å². The number of rotatable bonds is 6. The van der Waals surface area contributed by atoms with Crippen molar-refractivity contribution in [3.63, 3.8) is 0 Å². The topological polar surface area (TPSA) is 112 Å². The number of nitrogens with zero attached hydrogens (tertiary/aromatic N) is 4. The van der Waals surface area contributed by atoms with Crippen molar-refractivity contribution in [1.82, 2.24) is 9.78 Å². The Labute approximate surface area is 148 Å². The summed E-state index contributed by atoms with van der Waals surface area (Å²) in [5, 5.41) is 18.1. The van der Waals surface area contributed by atoms with Gasteiger partial charge in [0, 0.05) is 0 Å². The molecule has 0 aliphatic heterocycles. The summed E-state index contributed by atoms with van der Waals surface area (Å²) in [4.78, 5) is 22.1. The number of nitrogens with one attached hydrogen (secondary N) is 1. The molecular formula is C15H16ClN5O4. The van der Waals surface area contributed by atoms with E-state index >= 15 is 0 Å². The first-order valence-electron chi connectivity index (χ1n) is 7.26. The van der Waals surface area contributed by atoms with Crippen molar-refractivity contribution in [2.75, 3.05) is 5.43 Å². The first kappa shape index (κ1) is 18.4. The lowest BCUT2D eigenvalue weighted by Crippen LogP contribution is -2.22. The van der Waals surface area contributed by atoms with Crippen molar-refractivity contribution in [2.24, 2.45) is 12.1 Å². The largest absolute Gasteiger partial charge is 0.491 e. The minimum Gasteiger partial charge on any atom is -0.491 e. The van der Waals surface area contributed by atoms with Gasteiger partial charge in [0.25, 0.3) is 0 Å². The number of benzene rings is 1. The summed E-state index contributed by atoms with van der Waals surface area (Å²) in [6.07, 6.45) is 1.49. The lowest BCUT2D eigenvalue weighted by molar-refractivity contribution is -0.389. The number of aryl methyl sites for hydroxylation is 1. The molecule has 0 bridgehead atoms. The van der Waals surface area contributed by atoms with Gasteiger partial charge in [-0.3, -0.25) is 10.2 Å². The van der Waals surface area contributed by atoms with Crippen LogP contribution in [0.4, 0.5) is 11.5 Å². The van der Waals surface area contributed by atoms with E-state index in [-0.39, 0.29) is 16.8 Å². The highest BCUT2D eigenvalue weighted by Crippen LogP contribution is 2.26. The van der Waals surface area contributed by atoms with Crippen molar-refractivity contribution in [3.05, 3.63) is 55.3 Å². The minimum atomic E-state index is -0.749. The van der Waals surface area contributed by atoms with E-state index in [1.807, 2.05) is 13.8 Å². The van der Waals surface area contributed by atoms with Gasteiger partial charge in [-0.05, 0) is 48.6 Å². The summed E-state index contributed by atoms with van der Waals surface area (Å²) in [5.74, 6) is 0.125. The first-order valence-corrected chi connectivity index (χ1v) is 7.64. The molecule has 1 aromatic carbocycles. The molecule has 0 saturated heterocycles. The molecule has 2 aromatic rings. The molecule has 0 aliphatic carbocycles. The summed E-state index contributed by atoms with van der Waals surface area (Å²) < 4.78 is 6.32. The van der Waals surface area contributed by atoms with Crippen LogP contribution in [0, 0.1) is 10.1 Å². The Hall–Kier alpha value is -2.94. The lowest BCUT2D eigenvalue weighted by atomic mass is 10.2. The molecule has 0 atom stereocenters. The molecule has 10 heteroatoms. The van der Waals surface area contributed by atoms with Crippen LogP contribution in [0.5, 0.6) is 5.75 Å². The average Bonchev–Trinajstić information content (AvgIpc) is 2.55. The Morgan fingerprint density at radius 3 is 2.60 bits per heavy atom. The predicted octanol–water partition coefficient (Wildman–Crippen LogP) is 2.58. The normalized spacial score (nSPS) is 11.1. The summed E-state index contributed by atoms with van der Waals surface area (Å²) in [6, 6.07) is 7.08. The van der Waals surface area contributed by atoms with E-state index in [2.05, 4.69) is 15.6 Å². The van der Waals surface area contributed by atoms with Gasteiger partial charge in [0.15, 0.2) is 5.69 Å². The van der Waals surface area contributed by atoms with Crippen LogP contribution in [0.2, 0.25) is 5.02 Å². The third-order valence-corrected chi connectivity index (χ3v) is 3.33. The molecular weight excluding hydrogens is 350 g/mol. The molecule has 0 aliphatic rings. The van der Waals surface area contributed by atoms with E-state index in [1.54, 1.807) is 24.3 Å². The number of hydrazone groups is 1. The summed E-state index contributed by atoms with van der Waals surface area (Å²) in [7, 11) is 1.27. The average molecular weight is 366 g/mol. The van der Waals surface area contributed by atoms with Crippen molar-refractivity contribution in [2.45, 2.75) is 20.0 Å². The first-order chi connectivity index (χ1) is 11.8. The molecule has 9 nitrogen and oxygen atoms in total. The van der Waals surface area contributed by atoms with Crippen molar-refractivity contribution in [3.8, 4) is 5.75 Å². The van der Waals surface area contributed by atoms with Gasteiger partial charge in [-0.15, -0.1) is 4.68 Å². The Kier molecular flexibility index (Phi) is 5.71. The van der Waals surface area contributed by atoms with Crippen LogP contribution >= 0.6 is 11.6 Å². The van der Waals surface area contributed by atoms with Gasteiger partial charge in [-0.25, -0.2) is 0 Å². The smallest absolute Gasteiger partial charge is 0.415 e. The fourth-order valence-electron chi connectivity index (χ4n) is 1.89. The molecule has 0 radical (unpaired) electrons. The fraction of sp³-hybridized carbons (Fsp3) is 0.267. The highest BCUT2D eigenvalue weighted by Gasteiger charge is 2.24. The van der Waals surface area contributed by atoms with E-state index in [4.69, 9.17) is 16.3 Å². The Balaban J connectivity index is 2.21. The lowest BCUT2D eigenvalue weighted by Gasteiger charge is -2.09. The maximum absolute atomic E-state index is 11.8. The molecule has 0 amide bonds. The van der Waals surface area contributed by atoms with E-state index in [1.165, 1.54) is 13.3 Å². The molecule has 1 heterocycles. The fourth-order valence-corrected chi connectivity index (χ4v) is 2.14. The molecule has 0 spiro atoms. The highest BCUT2D eigenvalue weighted by atomic mass is 35.5. The van der Waals surface area contributed by atoms with Gasteiger partial charge >= 0.3 is 11.4 Å². The molecule has 1 N–H and O–H groups in total. The number of nitro groups is 1. The van der Waals surface area contributed by atoms with Gasteiger partial charge in [-0.1, -0.05) is 11.6 Å². The van der Waals surface area contributed by atoms with Crippen LogP contribution in [0.15, 0.2) is 34.2 Å². The SMILES string of the molecule is CC(C)Oc1ccc(C=NNc2c([N+](=O)[O-])nn(C)c(=O)c2Cl)cc1. The zero-order valence-electron chi connectivity index (χ0n) is 13.8. The molecule has 0 fully saturated rings. The number of halogens is 1. The molecule has 0 saturated carbocycles. The van der Waals surface area contributed by atoms with Gasteiger partial charge in [-0.2, -0.15) is 5.10 Å². The Morgan fingerprint density at radius 2 is 2.04 bits per heavy atom. The van der Waals surface area contributed by atoms with Gasteiger partial charge in [0.1, 0.15) is 10.8 Å². The molecule has 2 rings (SSSR count). The molecule has 132 valence electrons. The summed E-state index contributed by atoms with van der Waals surface area (Å²) >= 11 is 5.87. The van der Waals surface area contributed by atoms with Crippen molar-refractivity contribution in [1.29, 1.82) is 0 Å². The van der Waals surface area contributed by atoms with E-state index in [0.29, 0.717) is 0 Å². The maximum atomic E-state index is 11.8. The summed E-state index contributed by atoms with van der Waals surface area (Å²) in [6.45, 7) is 3.85. The number of aromatic nitrogens is 2. The second kappa shape index (κ2) is 7.75. The van der Waals surface area contributed by atoms with Crippen LogP contribution in [-0.4, -0.2) is 27.0 Å². The van der Waals surface area contributed by atoms with Gasteiger partial charge in [0.2, 0.25) is 0 Å². The van der Waals surface area contributed by atoms with E-state index in [9.17, 15) is 14.9 Å².